The van der Waals surface area contributed by atoms with Crippen LogP contribution in [0.1, 0.15) is 42.5 Å². The van der Waals surface area contributed by atoms with Crippen molar-refractivity contribution >= 4 is 15.9 Å². The van der Waals surface area contributed by atoms with Crippen LogP contribution in [0.25, 0.3) is 0 Å². The minimum atomic E-state index is 0.0518. The third-order valence-corrected chi connectivity index (χ3v) is 3.98. The Morgan fingerprint density at radius 2 is 2.10 bits per heavy atom. The van der Waals surface area contributed by atoms with Crippen LogP contribution in [0.2, 0.25) is 0 Å². The van der Waals surface area contributed by atoms with Crippen LogP contribution in [0.4, 0.5) is 0 Å². The van der Waals surface area contributed by atoms with Crippen molar-refractivity contribution in [3.63, 3.8) is 0 Å². The van der Waals surface area contributed by atoms with Gasteiger partial charge in [0.05, 0.1) is 33.8 Å². The molecule has 2 rings (SSSR count). The molecule has 6 heteroatoms. The molecule has 0 aliphatic rings. The van der Waals surface area contributed by atoms with Gasteiger partial charge in [-0.1, -0.05) is 6.92 Å². The number of aryl methyl sites for hydroxylation is 3. The van der Waals surface area contributed by atoms with Gasteiger partial charge < -0.3 is 5.32 Å². The predicted molar refractivity (Wildman–Crippen MR) is 82.7 cm³/mol. The van der Waals surface area contributed by atoms with Crippen molar-refractivity contribution in [1.29, 1.82) is 0 Å². The summed E-state index contributed by atoms with van der Waals surface area (Å²) < 4.78 is 3.01. The summed E-state index contributed by atoms with van der Waals surface area (Å²) in [5, 5.41) is 16.3. The van der Waals surface area contributed by atoms with E-state index in [-0.39, 0.29) is 6.04 Å². The minimum absolute atomic E-state index is 0.0518. The Morgan fingerprint density at radius 3 is 2.70 bits per heavy atom. The molecule has 20 heavy (non-hydrogen) atoms. The fourth-order valence-corrected chi connectivity index (χ4v) is 2.93. The molecule has 0 spiro atoms. The Morgan fingerprint density at radius 1 is 1.35 bits per heavy atom. The molecule has 108 valence electrons. The molecule has 2 aromatic heterocycles. The van der Waals surface area contributed by atoms with E-state index in [4.69, 9.17) is 0 Å². The number of nitrogens with zero attached hydrogens (tertiary/aromatic N) is 4. The molecule has 0 bridgehead atoms. The standard InChI is InChI=1S/C14H20BrN5/c1-5-12-10(7-9(3)18-19-12)13(16-4)14-11(15)8-17-20(14)6-2/h7-8,13,16H,5-6H2,1-4H3. The van der Waals surface area contributed by atoms with E-state index in [1.807, 2.05) is 24.9 Å². The fraction of sp³-hybridized carbons (Fsp3) is 0.500. The molecular formula is C14H20BrN5. The Kier molecular flexibility index (Phi) is 4.88. The van der Waals surface area contributed by atoms with E-state index in [1.54, 1.807) is 0 Å². The highest BCUT2D eigenvalue weighted by Crippen LogP contribution is 2.30. The third-order valence-electron chi connectivity index (χ3n) is 3.37. The second-order valence-corrected chi connectivity index (χ2v) is 5.51. The molecule has 0 aliphatic heterocycles. The first-order valence-electron chi connectivity index (χ1n) is 6.83. The number of hydrogen-bond donors (Lipinski definition) is 1. The first-order valence-corrected chi connectivity index (χ1v) is 7.63. The van der Waals surface area contributed by atoms with Gasteiger partial charge in [-0.3, -0.25) is 4.68 Å². The minimum Gasteiger partial charge on any atom is -0.308 e. The number of hydrogen-bond acceptors (Lipinski definition) is 4. The van der Waals surface area contributed by atoms with Crippen LogP contribution >= 0.6 is 15.9 Å². The molecule has 5 nitrogen and oxygen atoms in total. The van der Waals surface area contributed by atoms with Gasteiger partial charge in [-0.05, 0) is 49.3 Å². The third kappa shape index (κ3) is 2.76. The van der Waals surface area contributed by atoms with Crippen molar-refractivity contribution in [2.45, 2.75) is 39.8 Å². The quantitative estimate of drug-likeness (QED) is 0.911. The van der Waals surface area contributed by atoms with Crippen molar-refractivity contribution in [3.8, 4) is 0 Å². The number of rotatable bonds is 5. The van der Waals surface area contributed by atoms with E-state index >= 15 is 0 Å². The maximum atomic E-state index is 4.40. The summed E-state index contributed by atoms with van der Waals surface area (Å²) in [6.07, 6.45) is 2.70. The molecule has 2 heterocycles. The summed E-state index contributed by atoms with van der Waals surface area (Å²) in [6, 6.07) is 2.16. The van der Waals surface area contributed by atoms with E-state index in [2.05, 4.69) is 56.5 Å². The maximum Gasteiger partial charge on any atom is 0.0776 e. The Hall–Kier alpha value is -1.27. The van der Waals surface area contributed by atoms with Gasteiger partial charge in [0, 0.05) is 12.1 Å². The average molecular weight is 338 g/mol. The molecule has 0 saturated carbocycles. The summed E-state index contributed by atoms with van der Waals surface area (Å²) in [4.78, 5) is 0. The molecule has 0 aromatic carbocycles. The van der Waals surface area contributed by atoms with Crippen LogP contribution in [0.15, 0.2) is 16.7 Å². The molecule has 0 aliphatic carbocycles. The van der Waals surface area contributed by atoms with Gasteiger partial charge in [0.25, 0.3) is 0 Å². The van der Waals surface area contributed by atoms with Crippen molar-refractivity contribution in [1.82, 2.24) is 25.3 Å². The lowest BCUT2D eigenvalue weighted by atomic mass is 10.0. The normalized spacial score (nSPS) is 12.7. The topological polar surface area (TPSA) is 55.6 Å². The fourth-order valence-electron chi connectivity index (χ4n) is 2.41. The average Bonchev–Trinajstić information content (AvgIpc) is 2.82. The molecule has 2 aromatic rings. The van der Waals surface area contributed by atoms with Crippen molar-refractivity contribution in [3.05, 3.63) is 39.4 Å². The van der Waals surface area contributed by atoms with Gasteiger partial charge in [0.15, 0.2) is 0 Å². The Labute approximate surface area is 127 Å². The SMILES string of the molecule is CCc1nnc(C)cc1C(NC)c1c(Br)cnn1CC. The summed E-state index contributed by atoms with van der Waals surface area (Å²) in [6.45, 7) is 6.99. The van der Waals surface area contributed by atoms with E-state index in [0.29, 0.717) is 0 Å². The van der Waals surface area contributed by atoms with E-state index in [1.165, 1.54) is 5.56 Å². The second-order valence-electron chi connectivity index (χ2n) is 4.66. The summed E-state index contributed by atoms with van der Waals surface area (Å²) >= 11 is 3.60. The van der Waals surface area contributed by atoms with Gasteiger partial charge >= 0.3 is 0 Å². The van der Waals surface area contributed by atoms with Gasteiger partial charge in [-0.2, -0.15) is 15.3 Å². The van der Waals surface area contributed by atoms with Crippen LogP contribution in [0, 0.1) is 6.92 Å². The molecule has 0 radical (unpaired) electrons. The van der Waals surface area contributed by atoms with Gasteiger partial charge in [-0.15, -0.1) is 0 Å². The first kappa shape index (κ1) is 15.1. The highest BCUT2D eigenvalue weighted by Gasteiger charge is 2.23. The molecule has 0 fully saturated rings. The summed E-state index contributed by atoms with van der Waals surface area (Å²) in [5.41, 5.74) is 4.23. The summed E-state index contributed by atoms with van der Waals surface area (Å²) in [5.74, 6) is 0. The molecule has 1 atom stereocenters. The zero-order chi connectivity index (χ0) is 14.7. The van der Waals surface area contributed by atoms with Crippen molar-refractivity contribution < 1.29 is 0 Å². The highest BCUT2D eigenvalue weighted by molar-refractivity contribution is 9.10. The first-order chi connectivity index (χ1) is 9.62. The van der Waals surface area contributed by atoms with Crippen LogP contribution in [-0.4, -0.2) is 27.0 Å². The summed E-state index contributed by atoms with van der Waals surface area (Å²) in [7, 11) is 1.96. The van der Waals surface area contributed by atoms with Gasteiger partial charge in [-0.25, -0.2) is 0 Å². The van der Waals surface area contributed by atoms with Crippen LogP contribution in [-0.2, 0) is 13.0 Å². The van der Waals surface area contributed by atoms with Crippen LogP contribution in [0.3, 0.4) is 0 Å². The number of halogens is 1. The Balaban J connectivity index is 2.57. The predicted octanol–water partition coefficient (Wildman–Crippen LogP) is 2.64. The van der Waals surface area contributed by atoms with E-state index < -0.39 is 0 Å². The van der Waals surface area contributed by atoms with Gasteiger partial charge in [0.2, 0.25) is 0 Å². The van der Waals surface area contributed by atoms with Crippen LogP contribution < -0.4 is 5.32 Å². The zero-order valence-electron chi connectivity index (χ0n) is 12.3. The monoisotopic (exact) mass is 337 g/mol. The lowest BCUT2D eigenvalue weighted by molar-refractivity contribution is 0.556. The largest absolute Gasteiger partial charge is 0.308 e. The number of aromatic nitrogens is 4. The maximum absolute atomic E-state index is 4.40. The van der Waals surface area contributed by atoms with Crippen molar-refractivity contribution in [2.75, 3.05) is 7.05 Å². The number of nitrogens with one attached hydrogen (secondary N) is 1. The van der Waals surface area contributed by atoms with Crippen molar-refractivity contribution in [2.24, 2.45) is 0 Å². The highest BCUT2D eigenvalue weighted by atomic mass is 79.9. The van der Waals surface area contributed by atoms with Crippen LogP contribution in [0.5, 0.6) is 0 Å². The Bertz CT molecular complexity index is 593. The van der Waals surface area contributed by atoms with Gasteiger partial charge in [0.1, 0.15) is 0 Å². The lowest BCUT2D eigenvalue weighted by Crippen LogP contribution is -2.24. The van der Waals surface area contributed by atoms with E-state index in [0.717, 1.165) is 34.5 Å². The second kappa shape index (κ2) is 6.45. The molecule has 1 N–H and O–H groups in total. The lowest BCUT2D eigenvalue weighted by Gasteiger charge is -2.21. The molecule has 0 saturated heterocycles. The molecule has 1 unspecified atom stereocenters. The zero-order valence-corrected chi connectivity index (χ0v) is 13.9. The molecular weight excluding hydrogens is 318 g/mol. The van der Waals surface area contributed by atoms with E-state index in [9.17, 15) is 0 Å². The molecule has 0 amide bonds. The smallest absolute Gasteiger partial charge is 0.0776 e.